The predicted octanol–water partition coefficient (Wildman–Crippen LogP) is 2.13. The molecule has 8 heteroatoms. The van der Waals surface area contributed by atoms with Crippen molar-refractivity contribution in [1.82, 2.24) is 5.32 Å². The molecule has 1 aromatic carbocycles. The molecule has 3 aliphatic rings. The molecule has 0 radical (unpaired) electrons. The number of Topliss-reactive ketones (excluding diaryl/α,β-unsaturated/α-hetero) is 2. The number of hydrogen-bond acceptors (Lipinski definition) is 4. The molecule has 0 aromatic heterocycles. The van der Waals surface area contributed by atoms with Crippen molar-refractivity contribution < 1.29 is 9.59 Å². The van der Waals surface area contributed by atoms with Crippen molar-refractivity contribution >= 4 is 69.7 Å². The first-order valence-electron chi connectivity index (χ1n) is 7.31. The van der Waals surface area contributed by atoms with Crippen molar-refractivity contribution in [3.05, 3.63) is 56.5 Å². The lowest BCUT2D eigenvalue weighted by Gasteiger charge is -2.14. The summed E-state index contributed by atoms with van der Waals surface area (Å²) >= 11 is 16.0. The van der Waals surface area contributed by atoms with Gasteiger partial charge in [-0.05, 0) is 12.5 Å². The third-order valence-electron chi connectivity index (χ3n) is 4.32. The summed E-state index contributed by atoms with van der Waals surface area (Å²) in [5.74, 6) is -0.576. The summed E-state index contributed by atoms with van der Waals surface area (Å²) < 4.78 is 0. The number of carbonyl (C=O) groups is 2. The Morgan fingerprint density at radius 3 is 2.58 bits per heavy atom. The van der Waals surface area contributed by atoms with Crippen molar-refractivity contribution in [2.75, 3.05) is 5.32 Å². The number of halogens is 3. The second kappa shape index (κ2) is 5.51. The van der Waals surface area contributed by atoms with Crippen LogP contribution in [0.15, 0.2) is 45.9 Å². The Hall–Kier alpha value is -1.50. The fourth-order valence-corrected chi connectivity index (χ4v) is 3.99. The lowest BCUT2D eigenvalue weighted by molar-refractivity contribution is -0.111. The molecule has 1 aliphatic carbocycles. The third kappa shape index (κ3) is 2.13. The summed E-state index contributed by atoms with van der Waals surface area (Å²) in [6.07, 6.45) is 2.57. The number of nitrogens with one attached hydrogen (secondary N) is 2. The van der Waals surface area contributed by atoms with Crippen LogP contribution in [0.25, 0.3) is 0 Å². The highest BCUT2D eigenvalue weighted by Gasteiger charge is 2.40. The first kappa shape index (κ1) is 16.0. The van der Waals surface area contributed by atoms with Crippen molar-refractivity contribution in [1.29, 1.82) is 0 Å². The zero-order valence-corrected chi connectivity index (χ0v) is 15.6. The van der Waals surface area contributed by atoms with Gasteiger partial charge in [-0.1, -0.05) is 56.7 Å². The van der Waals surface area contributed by atoms with Gasteiger partial charge in [-0.3, -0.25) is 9.59 Å². The van der Waals surface area contributed by atoms with Crippen molar-refractivity contribution in [2.24, 2.45) is 0 Å². The Labute approximate surface area is 157 Å². The van der Waals surface area contributed by atoms with Crippen LogP contribution in [0.3, 0.4) is 0 Å². The molecule has 1 fully saturated rings. The fourth-order valence-electron chi connectivity index (χ4n) is 3.05. The first-order chi connectivity index (χ1) is 11.4. The Morgan fingerprint density at radius 2 is 1.83 bits per heavy atom. The molecule has 2 heterocycles. The first-order valence-corrected chi connectivity index (χ1v) is 8.98. The molecule has 0 amide bonds. The van der Waals surface area contributed by atoms with E-state index in [9.17, 15) is 9.59 Å². The third-order valence-corrected chi connectivity index (χ3v) is 6.36. The molecule has 1 unspecified atom stereocenters. The molecular formula is C16H10BBrCl2N2O2. The van der Waals surface area contributed by atoms with E-state index < -0.39 is 0 Å². The van der Waals surface area contributed by atoms with Crippen molar-refractivity contribution in [3.8, 4) is 0 Å². The highest BCUT2D eigenvalue weighted by molar-refractivity contribution is 9.09. The molecular weight excluding hydrogens is 414 g/mol. The molecule has 0 bridgehead atoms. The van der Waals surface area contributed by atoms with Gasteiger partial charge in [0.05, 0.1) is 21.7 Å². The molecule has 1 saturated heterocycles. The number of fused-ring (bicyclic) bond motifs is 2. The van der Waals surface area contributed by atoms with Gasteiger partial charge in [-0.15, -0.1) is 0 Å². The number of allylic oxidation sites excluding steroid dienone is 5. The average molecular weight is 424 g/mol. The van der Waals surface area contributed by atoms with E-state index in [2.05, 4.69) is 26.6 Å². The van der Waals surface area contributed by atoms with Gasteiger partial charge < -0.3 is 10.6 Å². The summed E-state index contributed by atoms with van der Waals surface area (Å²) in [5.41, 5.74) is 3.31. The van der Waals surface area contributed by atoms with Gasteiger partial charge in [0, 0.05) is 15.8 Å². The topological polar surface area (TPSA) is 58.2 Å². The van der Waals surface area contributed by atoms with Gasteiger partial charge in [0.2, 0.25) is 11.6 Å². The smallest absolute Gasteiger partial charge is 0.215 e. The van der Waals surface area contributed by atoms with Crippen LogP contribution in [0, 0.1) is 0 Å². The van der Waals surface area contributed by atoms with Crippen LogP contribution in [0.4, 0.5) is 5.69 Å². The number of carbonyl (C=O) groups excluding carboxylic acids is 2. The van der Waals surface area contributed by atoms with E-state index in [1.54, 1.807) is 6.07 Å². The number of ketones is 2. The molecule has 4 rings (SSSR count). The highest BCUT2D eigenvalue weighted by atomic mass is 79.9. The Balaban J connectivity index is 1.85. The standard InChI is InChI=1S/C16H10BBrCl2N2O2/c17-5-1-3-7-9(11(5)19)15(23)13(21-7)14-16(24)10-8(22-14)4-2-6(18)12(10)20/h1,3-4,6,21-22H,2,17H2/b14-13+. The van der Waals surface area contributed by atoms with Crippen LogP contribution in [0.1, 0.15) is 16.8 Å². The molecule has 1 aromatic rings. The van der Waals surface area contributed by atoms with Crippen LogP contribution in [-0.4, -0.2) is 24.2 Å². The largest absolute Gasteiger partial charge is 0.350 e. The summed E-state index contributed by atoms with van der Waals surface area (Å²) in [6.45, 7) is 0. The summed E-state index contributed by atoms with van der Waals surface area (Å²) in [6, 6.07) is 3.62. The minimum Gasteiger partial charge on any atom is -0.350 e. The number of benzene rings is 1. The molecule has 0 spiro atoms. The van der Waals surface area contributed by atoms with Crippen LogP contribution >= 0.6 is 39.1 Å². The van der Waals surface area contributed by atoms with E-state index >= 15 is 0 Å². The number of rotatable bonds is 0. The molecule has 4 nitrogen and oxygen atoms in total. The molecule has 2 aliphatic heterocycles. The lowest BCUT2D eigenvalue weighted by Crippen LogP contribution is -2.16. The van der Waals surface area contributed by atoms with E-state index in [-0.39, 0.29) is 27.8 Å². The minimum absolute atomic E-state index is 0.0884. The van der Waals surface area contributed by atoms with Gasteiger partial charge >= 0.3 is 0 Å². The van der Waals surface area contributed by atoms with Gasteiger partial charge in [-0.2, -0.15) is 0 Å². The quantitative estimate of drug-likeness (QED) is 0.381. The highest BCUT2D eigenvalue weighted by Crippen LogP contribution is 2.40. The van der Waals surface area contributed by atoms with Crippen LogP contribution in [0.5, 0.6) is 0 Å². The normalized spacial score (nSPS) is 25.3. The van der Waals surface area contributed by atoms with E-state index in [1.807, 2.05) is 20.0 Å². The van der Waals surface area contributed by atoms with Gasteiger partial charge in [0.1, 0.15) is 19.2 Å². The maximum atomic E-state index is 12.8. The van der Waals surface area contributed by atoms with Crippen LogP contribution < -0.4 is 16.1 Å². The van der Waals surface area contributed by atoms with Crippen molar-refractivity contribution in [2.45, 2.75) is 11.2 Å². The Morgan fingerprint density at radius 1 is 1.12 bits per heavy atom. The zero-order valence-electron chi connectivity index (χ0n) is 12.5. The summed E-state index contributed by atoms with van der Waals surface area (Å²) in [7, 11) is 1.83. The van der Waals surface area contributed by atoms with Gasteiger partial charge in [-0.25, -0.2) is 0 Å². The SMILES string of the molecule is Bc1ccc2c(c1Cl)C(=O)/C(=C1\NC3=CCC(Br)C(Cl)=C3C1=O)N2. The zero-order chi connectivity index (χ0) is 17.2. The minimum atomic E-state index is -0.291. The van der Waals surface area contributed by atoms with E-state index in [1.165, 1.54) is 0 Å². The molecule has 1 atom stereocenters. The second-order valence-electron chi connectivity index (χ2n) is 5.82. The molecule has 24 heavy (non-hydrogen) atoms. The van der Waals surface area contributed by atoms with E-state index in [0.717, 1.165) is 5.46 Å². The summed E-state index contributed by atoms with van der Waals surface area (Å²) in [5, 5.41) is 6.91. The van der Waals surface area contributed by atoms with Crippen LogP contribution in [-0.2, 0) is 4.79 Å². The van der Waals surface area contributed by atoms with Crippen LogP contribution in [0.2, 0.25) is 5.02 Å². The average Bonchev–Trinajstić information content (AvgIpc) is 3.05. The molecule has 120 valence electrons. The summed E-state index contributed by atoms with van der Waals surface area (Å²) in [4.78, 5) is 25.5. The number of hydrogen-bond donors (Lipinski definition) is 2. The van der Waals surface area contributed by atoms with Gasteiger partial charge in [0.15, 0.2) is 0 Å². The molecule has 0 saturated carbocycles. The van der Waals surface area contributed by atoms with Crippen molar-refractivity contribution in [3.63, 3.8) is 0 Å². The van der Waals surface area contributed by atoms with E-state index in [4.69, 9.17) is 23.2 Å². The lowest BCUT2D eigenvalue weighted by atomic mass is 9.93. The Kier molecular flexibility index (Phi) is 3.67. The second-order valence-corrected chi connectivity index (χ2v) is 7.71. The molecule has 2 N–H and O–H groups in total. The Bertz CT molecular complexity index is 936. The fraction of sp³-hybridized carbons (Fsp3) is 0.125. The number of anilines is 1. The maximum Gasteiger partial charge on any atom is 0.215 e. The number of alkyl halides is 1. The predicted molar refractivity (Wildman–Crippen MR) is 101 cm³/mol. The maximum absolute atomic E-state index is 12.8. The van der Waals surface area contributed by atoms with E-state index in [0.29, 0.717) is 39.0 Å². The van der Waals surface area contributed by atoms with Gasteiger partial charge in [0.25, 0.3) is 0 Å². The monoisotopic (exact) mass is 422 g/mol.